The first-order chi connectivity index (χ1) is 14.3. The average Bonchev–Trinajstić information content (AvgIpc) is 3.38. The van der Waals surface area contributed by atoms with Gasteiger partial charge in [0.15, 0.2) is 5.76 Å². The molecule has 1 aromatic heterocycles. The molecule has 1 N–H and O–H groups in total. The van der Waals surface area contributed by atoms with E-state index >= 15 is 0 Å². The van der Waals surface area contributed by atoms with Crippen LogP contribution in [0, 0.1) is 6.92 Å². The minimum Gasteiger partial charge on any atom is -0.459 e. The van der Waals surface area contributed by atoms with E-state index in [0.29, 0.717) is 17.7 Å². The highest BCUT2D eigenvalue weighted by molar-refractivity contribution is 7.92. The van der Waals surface area contributed by atoms with E-state index in [1.807, 2.05) is 37.3 Å². The van der Waals surface area contributed by atoms with E-state index in [1.165, 1.54) is 11.3 Å². The van der Waals surface area contributed by atoms with E-state index in [4.69, 9.17) is 4.42 Å². The van der Waals surface area contributed by atoms with Crippen molar-refractivity contribution < 1.29 is 17.6 Å². The Balaban J connectivity index is 1.77. The molecule has 1 atom stereocenters. The highest BCUT2D eigenvalue weighted by Gasteiger charge is 2.36. The molecule has 0 spiro atoms. The molecule has 0 unspecified atom stereocenters. The molecule has 0 bridgehead atoms. The van der Waals surface area contributed by atoms with Gasteiger partial charge in [0.05, 0.1) is 30.0 Å². The zero-order chi connectivity index (χ0) is 21.3. The second-order valence-corrected chi connectivity index (χ2v) is 8.97. The molecule has 0 fully saturated rings. The molecule has 154 valence electrons. The molecule has 2 aromatic carbocycles. The number of nitrogens with zero attached hydrogens (tertiary/aromatic N) is 2. The van der Waals surface area contributed by atoms with Gasteiger partial charge in [-0.1, -0.05) is 48.0 Å². The predicted molar refractivity (Wildman–Crippen MR) is 115 cm³/mol. The van der Waals surface area contributed by atoms with Crippen molar-refractivity contribution in [1.29, 1.82) is 0 Å². The summed E-state index contributed by atoms with van der Waals surface area (Å²) in [5, 5.41) is 5.97. The fraction of sp³-hybridized carbons (Fsp3) is 0.182. The normalized spacial score (nSPS) is 16.4. The van der Waals surface area contributed by atoms with Crippen LogP contribution >= 0.6 is 0 Å². The van der Waals surface area contributed by atoms with Crippen LogP contribution in [0.2, 0.25) is 0 Å². The van der Waals surface area contributed by atoms with E-state index in [-0.39, 0.29) is 11.7 Å². The molecule has 4 rings (SSSR count). The molecular formula is C22H21N3O4S. The Labute approximate surface area is 175 Å². The van der Waals surface area contributed by atoms with Crippen LogP contribution in [-0.2, 0) is 10.0 Å². The van der Waals surface area contributed by atoms with Crippen LogP contribution in [0.5, 0.6) is 0 Å². The number of para-hydroxylation sites is 1. The lowest BCUT2D eigenvalue weighted by Gasteiger charge is -2.23. The Hall–Kier alpha value is -3.39. The number of anilines is 1. The molecule has 3 aromatic rings. The topological polar surface area (TPSA) is 92.0 Å². The van der Waals surface area contributed by atoms with Gasteiger partial charge >= 0.3 is 5.91 Å². The molecule has 30 heavy (non-hydrogen) atoms. The molecule has 0 aliphatic carbocycles. The minimum atomic E-state index is -3.49. The van der Waals surface area contributed by atoms with Gasteiger partial charge in [0.25, 0.3) is 0 Å². The standard InChI is InChI=1S/C22H21N3O4S/c1-15-9-11-16(12-10-15)19-14-20(25(23-19)22(26)21-8-5-13-29-21)17-6-3-4-7-18(17)24-30(2,27)28/h3-13,20,24H,14H2,1-2H3/t20-/m1/s1. The molecule has 2 heterocycles. The second kappa shape index (κ2) is 7.79. The number of hydrogen-bond acceptors (Lipinski definition) is 5. The van der Waals surface area contributed by atoms with Crippen molar-refractivity contribution in [3.05, 3.63) is 89.4 Å². The van der Waals surface area contributed by atoms with Crippen molar-refractivity contribution in [3.63, 3.8) is 0 Å². The minimum absolute atomic E-state index is 0.169. The number of furan rings is 1. The summed E-state index contributed by atoms with van der Waals surface area (Å²) in [7, 11) is -3.49. The first-order valence-electron chi connectivity index (χ1n) is 9.40. The Kier molecular flexibility index (Phi) is 5.17. The van der Waals surface area contributed by atoms with Gasteiger partial charge in [-0.25, -0.2) is 13.4 Å². The summed E-state index contributed by atoms with van der Waals surface area (Å²) in [6.45, 7) is 2.00. The van der Waals surface area contributed by atoms with Gasteiger partial charge in [0.1, 0.15) is 0 Å². The first kappa shape index (κ1) is 19.9. The molecule has 7 nitrogen and oxygen atoms in total. The van der Waals surface area contributed by atoms with Crippen LogP contribution in [0.1, 0.15) is 39.7 Å². The number of aryl methyl sites for hydroxylation is 1. The number of nitrogens with one attached hydrogen (secondary N) is 1. The third-order valence-electron chi connectivity index (χ3n) is 4.85. The van der Waals surface area contributed by atoms with Gasteiger partial charge in [-0.15, -0.1) is 0 Å². The zero-order valence-electron chi connectivity index (χ0n) is 16.6. The maximum Gasteiger partial charge on any atom is 0.310 e. The maximum absolute atomic E-state index is 13.1. The SMILES string of the molecule is Cc1ccc(C2=NN(C(=O)c3ccco3)[C@@H](c3ccccc3NS(C)(=O)=O)C2)cc1. The van der Waals surface area contributed by atoms with Gasteiger partial charge < -0.3 is 4.42 Å². The lowest BCUT2D eigenvalue weighted by molar-refractivity contribution is 0.0679. The molecule has 1 aliphatic heterocycles. The molecule has 8 heteroatoms. The van der Waals surface area contributed by atoms with Crippen molar-refractivity contribution in [2.24, 2.45) is 5.10 Å². The summed E-state index contributed by atoms with van der Waals surface area (Å²) in [5.41, 5.74) is 3.86. The summed E-state index contributed by atoms with van der Waals surface area (Å²) in [6, 6.07) is 17.7. The van der Waals surface area contributed by atoms with Crippen molar-refractivity contribution in [1.82, 2.24) is 5.01 Å². The van der Waals surface area contributed by atoms with E-state index in [2.05, 4.69) is 9.82 Å². The highest BCUT2D eigenvalue weighted by Crippen LogP contribution is 2.37. The first-order valence-corrected chi connectivity index (χ1v) is 11.3. The molecule has 0 saturated heterocycles. The van der Waals surface area contributed by atoms with Gasteiger partial charge in [-0.3, -0.25) is 9.52 Å². The van der Waals surface area contributed by atoms with Crippen LogP contribution in [-0.4, -0.2) is 31.3 Å². The molecular weight excluding hydrogens is 402 g/mol. The third kappa shape index (κ3) is 4.13. The average molecular weight is 423 g/mol. The number of amides is 1. The van der Waals surface area contributed by atoms with Crippen molar-refractivity contribution in [2.45, 2.75) is 19.4 Å². The van der Waals surface area contributed by atoms with Crippen molar-refractivity contribution >= 4 is 27.3 Å². The van der Waals surface area contributed by atoms with Crippen molar-refractivity contribution in [2.75, 3.05) is 11.0 Å². The monoisotopic (exact) mass is 423 g/mol. The Morgan fingerprint density at radius 2 is 1.83 bits per heavy atom. The van der Waals surface area contributed by atoms with E-state index in [9.17, 15) is 13.2 Å². The Morgan fingerprint density at radius 1 is 1.10 bits per heavy atom. The van der Waals surface area contributed by atoms with E-state index in [0.717, 1.165) is 23.1 Å². The predicted octanol–water partition coefficient (Wildman–Crippen LogP) is 3.95. The highest BCUT2D eigenvalue weighted by atomic mass is 32.2. The zero-order valence-corrected chi connectivity index (χ0v) is 17.4. The lowest BCUT2D eigenvalue weighted by Crippen LogP contribution is -2.27. The number of sulfonamides is 1. The summed E-state index contributed by atoms with van der Waals surface area (Å²) < 4.78 is 31.5. The number of carbonyl (C=O) groups is 1. The smallest absolute Gasteiger partial charge is 0.310 e. The van der Waals surface area contributed by atoms with Gasteiger partial charge in [0.2, 0.25) is 10.0 Å². The Morgan fingerprint density at radius 3 is 2.50 bits per heavy atom. The quantitative estimate of drug-likeness (QED) is 0.673. The third-order valence-corrected chi connectivity index (χ3v) is 5.44. The second-order valence-electron chi connectivity index (χ2n) is 7.22. The van der Waals surface area contributed by atoms with Crippen molar-refractivity contribution in [3.8, 4) is 0 Å². The van der Waals surface area contributed by atoms with E-state index in [1.54, 1.807) is 30.3 Å². The fourth-order valence-electron chi connectivity index (χ4n) is 3.45. The van der Waals surface area contributed by atoms with Crippen LogP contribution in [0.4, 0.5) is 5.69 Å². The summed E-state index contributed by atoms with van der Waals surface area (Å²) >= 11 is 0. The summed E-state index contributed by atoms with van der Waals surface area (Å²) in [6.07, 6.45) is 2.97. The van der Waals surface area contributed by atoms with Crippen LogP contribution < -0.4 is 4.72 Å². The van der Waals surface area contributed by atoms with Crippen LogP contribution in [0.3, 0.4) is 0 Å². The maximum atomic E-state index is 13.1. The van der Waals surface area contributed by atoms with Crippen LogP contribution in [0.25, 0.3) is 0 Å². The largest absolute Gasteiger partial charge is 0.459 e. The summed E-state index contributed by atoms with van der Waals surface area (Å²) in [5.74, 6) is -0.219. The van der Waals surface area contributed by atoms with Gasteiger partial charge in [0, 0.05) is 12.0 Å². The van der Waals surface area contributed by atoms with Gasteiger partial charge in [-0.05, 0) is 30.7 Å². The number of carbonyl (C=O) groups excluding carboxylic acids is 1. The molecule has 1 amide bonds. The number of benzene rings is 2. The Bertz CT molecular complexity index is 1200. The fourth-order valence-corrected chi connectivity index (χ4v) is 4.04. The number of hydrogen-bond donors (Lipinski definition) is 1. The van der Waals surface area contributed by atoms with E-state index < -0.39 is 16.1 Å². The van der Waals surface area contributed by atoms with Crippen LogP contribution in [0.15, 0.2) is 76.4 Å². The molecule has 1 aliphatic rings. The number of rotatable bonds is 5. The lowest BCUT2D eigenvalue weighted by atomic mass is 9.97. The molecule has 0 saturated carbocycles. The number of hydrazone groups is 1. The summed E-state index contributed by atoms with van der Waals surface area (Å²) in [4.78, 5) is 13.1. The van der Waals surface area contributed by atoms with Gasteiger partial charge in [-0.2, -0.15) is 5.10 Å². The molecule has 0 radical (unpaired) electrons.